The number of methoxy groups -OCH3 is 3. The number of carbonyl (C=O) groups is 2. The minimum Gasteiger partial charge on any atom is -0.496 e. The molecular weight excluding hydrogens is 450 g/mol. The Bertz CT molecular complexity index is 1270. The van der Waals surface area contributed by atoms with E-state index in [0.717, 1.165) is 16.8 Å². The molecule has 1 N–H and O–H groups in total. The highest BCUT2D eigenvalue weighted by Gasteiger charge is 2.22. The van der Waals surface area contributed by atoms with Crippen LogP contribution in [0.15, 0.2) is 42.5 Å². The van der Waals surface area contributed by atoms with Crippen LogP contribution in [0.5, 0.6) is 17.2 Å². The normalized spacial score (nSPS) is 10.3. The average molecular weight is 478 g/mol. The van der Waals surface area contributed by atoms with E-state index in [1.807, 2.05) is 48.7 Å². The molecule has 0 aliphatic rings. The van der Waals surface area contributed by atoms with Gasteiger partial charge in [0, 0.05) is 24.4 Å². The van der Waals surface area contributed by atoms with E-state index in [2.05, 4.69) is 11.4 Å². The number of hydrogen-bond acceptors (Lipinski definition) is 7. The maximum absolute atomic E-state index is 12.7. The molecule has 3 aromatic rings. The second-order valence-electron chi connectivity index (χ2n) is 7.65. The zero-order valence-electron chi connectivity index (χ0n) is 20.3. The lowest BCUT2D eigenvalue weighted by Gasteiger charge is -2.15. The summed E-state index contributed by atoms with van der Waals surface area (Å²) in [4.78, 5) is 25.4. The molecule has 1 amide bonds. The van der Waals surface area contributed by atoms with Crippen LogP contribution in [-0.2, 0) is 16.1 Å². The van der Waals surface area contributed by atoms with Crippen molar-refractivity contribution in [2.45, 2.75) is 20.4 Å². The van der Waals surface area contributed by atoms with Crippen LogP contribution in [0.1, 0.15) is 32.7 Å². The van der Waals surface area contributed by atoms with Gasteiger partial charge in [0.1, 0.15) is 23.2 Å². The van der Waals surface area contributed by atoms with Crippen molar-refractivity contribution in [1.29, 1.82) is 5.26 Å². The molecule has 2 aromatic carbocycles. The van der Waals surface area contributed by atoms with Gasteiger partial charge in [-0.05, 0) is 25.0 Å². The number of aromatic nitrogens is 1. The lowest BCUT2D eigenvalue weighted by atomic mass is 10.1. The quantitative estimate of drug-likeness (QED) is 0.466. The summed E-state index contributed by atoms with van der Waals surface area (Å²) in [6, 6.07) is 14.8. The number of anilines is 1. The molecule has 0 aliphatic carbocycles. The highest BCUT2D eigenvalue weighted by atomic mass is 16.5. The van der Waals surface area contributed by atoms with Crippen molar-refractivity contribution in [3.63, 3.8) is 0 Å². The number of esters is 1. The van der Waals surface area contributed by atoms with Crippen molar-refractivity contribution in [3.8, 4) is 23.3 Å². The predicted octanol–water partition coefficient (Wildman–Crippen LogP) is 3.85. The first-order valence-corrected chi connectivity index (χ1v) is 10.7. The summed E-state index contributed by atoms with van der Waals surface area (Å²) in [5.74, 6) is -0.0915. The van der Waals surface area contributed by atoms with Gasteiger partial charge in [0.15, 0.2) is 18.1 Å². The van der Waals surface area contributed by atoms with Crippen molar-refractivity contribution in [2.24, 2.45) is 0 Å². The van der Waals surface area contributed by atoms with E-state index < -0.39 is 18.5 Å². The van der Waals surface area contributed by atoms with Gasteiger partial charge in [-0.2, -0.15) is 5.26 Å². The van der Waals surface area contributed by atoms with E-state index in [-0.39, 0.29) is 11.3 Å². The third-order valence-corrected chi connectivity index (χ3v) is 5.64. The Hall–Kier alpha value is -4.45. The summed E-state index contributed by atoms with van der Waals surface area (Å²) in [6.45, 7) is 3.62. The highest BCUT2D eigenvalue weighted by molar-refractivity contribution is 5.97. The fourth-order valence-electron chi connectivity index (χ4n) is 3.66. The smallest absolute Gasteiger partial charge is 0.342 e. The average Bonchev–Trinajstić information content (AvgIpc) is 3.10. The molecule has 0 radical (unpaired) electrons. The van der Waals surface area contributed by atoms with Crippen molar-refractivity contribution < 1.29 is 28.5 Å². The first-order chi connectivity index (χ1) is 16.8. The number of ether oxygens (including phenoxy) is 4. The zero-order valence-corrected chi connectivity index (χ0v) is 20.3. The topological polar surface area (TPSA) is 112 Å². The molecule has 35 heavy (non-hydrogen) atoms. The number of rotatable bonds is 9. The first-order valence-electron chi connectivity index (χ1n) is 10.7. The summed E-state index contributed by atoms with van der Waals surface area (Å²) in [6.07, 6.45) is 0. The molecule has 9 nitrogen and oxygen atoms in total. The van der Waals surface area contributed by atoms with E-state index in [1.54, 1.807) is 0 Å². The molecule has 0 atom stereocenters. The molecule has 0 saturated heterocycles. The number of nitrogens with one attached hydrogen (secondary N) is 1. The molecule has 1 aromatic heterocycles. The summed E-state index contributed by atoms with van der Waals surface area (Å²) in [5.41, 5.74) is 3.07. The van der Waals surface area contributed by atoms with Gasteiger partial charge in [-0.1, -0.05) is 30.3 Å². The molecule has 9 heteroatoms. The molecule has 0 spiro atoms. The zero-order chi connectivity index (χ0) is 25.5. The monoisotopic (exact) mass is 477 g/mol. The lowest BCUT2D eigenvalue weighted by Crippen LogP contribution is -2.23. The van der Waals surface area contributed by atoms with Crippen LogP contribution in [0.3, 0.4) is 0 Å². The fourth-order valence-corrected chi connectivity index (χ4v) is 3.66. The summed E-state index contributed by atoms with van der Waals surface area (Å²) in [5, 5.41) is 12.4. The van der Waals surface area contributed by atoms with Crippen molar-refractivity contribution in [2.75, 3.05) is 33.3 Å². The largest absolute Gasteiger partial charge is 0.496 e. The van der Waals surface area contributed by atoms with Gasteiger partial charge in [0.2, 0.25) is 0 Å². The Balaban J connectivity index is 1.79. The second-order valence-corrected chi connectivity index (χ2v) is 7.65. The first kappa shape index (κ1) is 25.2. The molecule has 3 rings (SSSR count). The SMILES string of the molecule is COc1cc(OC)c(C(=O)OCC(=O)Nc2c(C#N)c(C)c(C)n2Cc2ccccc2)cc1OC. The number of nitriles is 1. The van der Waals surface area contributed by atoms with Gasteiger partial charge in [-0.25, -0.2) is 4.79 Å². The van der Waals surface area contributed by atoms with E-state index in [4.69, 9.17) is 18.9 Å². The molecule has 0 unspecified atom stereocenters. The summed E-state index contributed by atoms with van der Waals surface area (Å²) in [7, 11) is 4.31. The number of carbonyl (C=O) groups excluding carboxylic acids is 2. The number of benzene rings is 2. The van der Waals surface area contributed by atoms with E-state index in [9.17, 15) is 14.9 Å². The predicted molar refractivity (Wildman–Crippen MR) is 129 cm³/mol. The molecule has 0 aliphatic heterocycles. The Labute approximate surface area is 203 Å². The van der Waals surface area contributed by atoms with Crippen molar-refractivity contribution in [1.82, 2.24) is 4.57 Å². The minimum absolute atomic E-state index is 0.0785. The van der Waals surface area contributed by atoms with Crippen LogP contribution in [0.2, 0.25) is 0 Å². The third-order valence-electron chi connectivity index (χ3n) is 5.64. The molecule has 0 saturated carbocycles. The van der Waals surface area contributed by atoms with Gasteiger partial charge in [0.05, 0.1) is 26.9 Å². The second kappa shape index (κ2) is 11.1. The van der Waals surface area contributed by atoms with Gasteiger partial charge in [-0.15, -0.1) is 0 Å². The third kappa shape index (κ3) is 5.38. The van der Waals surface area contributed by atoms with E-state index >= 15 is 0 Å². The Morgan fingerprint density at radius 1 is 0.971 bits per heavy atom. The molecule has 1 heterocycles. The minimum atomic E-state index is -0.773. The van der Waals surface area contributed by atoms with Crippen LogP contribution in [0.25, 0.3) is 0 Å². The fraction of sp³-hybridized carbons (Fsp3) is 0.269. The van der Waals surface area contributed by atoms with Crippen LogP contribution < -0.4 is 19.5 Å². The standard InChI is InChI=1S/C26H27N3O6/c1-16-17(2)29(14-18-9-7-6-8-10-18)25(20(16)13-27)28-24(30)15-35-26(31)19-11-22(33-4)23(34-5)12-21(19)32-3/h6-12H,14-15H2,1-5H3,(H,28,30). The molecule has 0 bridgehead atoms. The van der Waals surface area contributed by atoms with Crippen LogP contribution in [0.4, 0.5) is 5.82 Å². The highest BCUT2D eigenvalue weighted by Crippen LogP contribution is 2.35. The maximum Gasteiger partial charge on any atom is 0.342 e. The molecule has 182 valence electrons. The summed E-state index contributed by atoms with van der Waals surface area (Å²) < 4.78 is 22.8. The van der Waals surface area contributed by atoms with Gasteiger partial charge >= 0.3 is 5.97 Å². The number of nitrogens with zero attached hydrogens (tertiary/aromatic N) is 2. The molecular formula is C26H27N3O6. The van der Waals surface area contributed by atoms with E-state index in [1.165, 1.54) is 33.5 Å². The Morgan fingerprint density at radius 3 is 2.20 bits per heavy atom. The van der Waals surface area contributed by atoms with Crippen molar-refractivity contribution >= 4 is 17.7 Å². The van der Waals surface area contributed by atoms with E-state index in [0.29, 0.717) is 29.4 Å². The lowest BCUT2D eigenvalue weighted by molar-refractivity contribution is -0.119. The number of hydrogen-bond donors (Lipinski definition) is 1. The Kier molecular flexibility index (Phi) is 8.00. The molecule has 0 fully saturated rings. The van der Waals surface area contributed by atoms with Crippen LogP contribution in [0, 0.1) is 25.2 Å². The van der Waals surface area contributed by atoms with Crippen LogP contribution >= 0.6 is 0 Å². The number of amides is 1. The maximum atomic E-state index is 12.7. The van der Waals surface area contributed by atoms with Crippen molar-refractivity contribution in [3.05, 3.63) is 70.4 Å². The van der Waals surface area contributed by atoms with Gasteiger partial charge < -0.3 is 28.8 Å². The summed E-state index contributed by atoms with van der Waals surface area (Å²) >= 11 is 0. The van der Waals surface area contributed by atoms with Gasteiger partial charge in [-0.3, -0.25) is 4.79 Å². The van der Waals surface area contributed by atoms with Crippen LogP contribution in [-0.4, -0.2) is 44.4 Å². The van der Waals surface area contributed by atoms with Gasteiger partial charge in [0.25, 0.3) is 5.91 Å². The Morgan fingerprint density at radius 2 is 1.60 bits per heavy atom.